The number of nitro groups is 1. The van der Waals surface area contributed by atoms with Crippen molar-refractivity contribution in [3.8, 4) is 0 Å². The zero-order valence-corrected chi connectivity index (χ0v) is 11.0. The zero-order valence-electron chi connectivity index (χ0n) is 9.39. The van der Waals surface area contributed by atoms with E-state index in [0.29, 0.717) is 5.03 Å². The average Bonchev–Trinajstić information content (AvgIpc) is 2.91. The highest BCUT2D eigenvalue weighted by atomic mass is 32.2. The molecular weight excluding hydrogens is 288 g/mol. The topological polar surface area (TPSA) is 115 Å². The molecule has 0 aliphatic heterocycles. The molecule has 0 aromatic carbocycles. The number of hydrogen-bond acceptors (Lipinski definition) is 7. The SMILES string of the molecule is NC(=NO)c1cc([N+](=O)[O-])cnc1Sc1cccs1. The van der Waals surface area contributed by atoms with Crippen LogP contribution in [0.4, 0.5) is 5.69 Å². The molecule has 9 heteroatoms. The largest absolute Gasteiger partial charge is 0.409 e. The molecule has 0 spiro atoms. The number of hydrogen-bond donors (Lipinski definition) is 2. The summed E-state index contributed by atoms with van der Waals surface area (Å²) in [7, 11) is 0. The number of thiophene rings is 1. The molecule has 2 heterocycles. The van der Waals surface area contributed by atoms with Gasteiger partial charge in [-0.1, -0.05) is 23.0 Å². The van der Waals surface area contributed by atoms with E-state index < -0.39 is 4.92 Å². The predicted octanol–water partition coefficient (Wildman–Crippen LogP) is 2.30. The second kappa shape index (κ2) is 5.67. The van der Waals surface area contributed by atoms with Crippen LogP contribution in [0.15, 0.2) is 44.2 Å². The van der Waals surface area contributed by atoms with Gasteiger partial charge in [-0.25, -0.2) is 4.98 Å². The van der Waals surface area contributed by atoms with Gasteiger partial charge < -0.3 is 10.9 Å². The van der Waals surface area contributed by atoms with E-state index in [4.69, 9.17) is 10.9 Å². The van der Waals surface area contributed by atoms with E-state index in [-0.39, 0.29) is 17.1 Å². The first-order valence-electron chi connectivity index (χ1n) is 4.95. The fourth-order valence-corrected chi connectivity index (χ4v) is 3.04. The Morgan fingerprint density at radius 3 is 3.00 bits per heavy atom. The number of nitrogens with zero attached hydrogens (tertiary/aromatic N) is 3. The van der Waals surface area contributed by atoms with Crippen molar-refractivity contribution in [1.82, 2.24) is 4.98 Å². The van der Waals surface area contributed by atoms with Gasteiger partial charge in [-0.15, -0.1) is 11.3 Å². The smallest absolute Gasteiger partial charge is 0.288 e. The van der Waals surface area contributed by atoms with Crippen LogP contribution in [0.1, 0.15) is 5.56 Å². The van der Waals surface area contributed by atoms with Crippen molar-refractivity contribution in [2.75, 3.05) is 0 Å². The third kappa shape index (κ3) is 3.01. The highest BCUT2D eigenvalue weighted by Gasteiger charge is 2.16. The van der Waals surface area contributed by atoms with Crippen molar-refractivity contribution in [2.45, 2.75) is 9.24 Å². The Morgan fingerprint density at radius 1 is 1.63 bits per heavy atom. The molecule has 3 N–H and O–H groups in total. The fourth-order valence-electron chi connectivity index (χ4n) is 1.28. The summed E-state index contributed by atoms with van der Waals surface area (Å²) < 4.78 is 0.952. The molecular formula is C10H8N4O3S2. The number of rotatable bonds is 4. The Bertz CT molecular complexity index is 628. The quantitative estimate of drug-likeness (QED) is 0.294. The third-order valence-corrected chi connectivity index (χ3v) is 4.18. The van der Waals surface area contributed by atoms with Crippen LogP contribution in [0, 0.1) is 10.1 Å². The van der Waals surface area contributed by atoms with Crippen LogP contribution in [-0.4, -0.2) is 21.0 Å². The number of aromatic nitrogens is 1. The Morgan fingerprint density at radius 2 is 2.42 bits per heavy atom. The van der Waals surface area contributed by atoms with Crippen LogP contribution in [0.2, 0.25) is 0 Å². The van der Waals surface area contributed by atoms with Crippen LogP contribution in [0.25, 0.3) is 0 Å². The number of amidine groups is 1. The molecule has 2 rings (SSSR count). The van der Waals surface area contributed by atoms with Crippen molar-refractivity contribution in [2.24, 2.45) is 10.9 Å². The van der Waals surface area contributed by atoms with Crippen molar-refractivity contribution in [3.63, 3.8) is 0 Å². The first kappa shape index (κ1) is 13.3. The van der Waals surface area contributed by atoms with Crippen LogP contribution in [-0.2, 0) is 0 Å². The summed E-state index contributed by atoms with van der Waals surface area (Å²) in [5.41, 5.74) is 5.54. The van der Waals surface area contributed by atoms with Gasteiger partial charge in [-0.05, 0) is 11.4 Å². The number of pyridine rings is 1. The van der Waals surface area contributed by atoms with Gasteiger partial charge in [-0.2, -0.15) is 0 Å². The van der Waals surface area contributed by atoms with Gasteiger partial charge in [0.15, 0.2) is 5.84 Å². The molecule has 0 saturated heterocycles. The maximum absolute atomic E-state index is 10.7. The summed E-state index contributed by atoms with van der Waals surface area (Å²) in [6, 6.07) is 4.99. The van der Waals surface area contributed by atoms with E-state index in [1.807, 2.05) is 17.5 Å². The van der Waals surface area contributed by atoms with Gasteiger partial charge in [0.2, 0.25) is 0 Å². The molecule has 0 saturated carbocycles. The summed E-state index contributed by atoms with van der Waals surface area (Å²) in [6.07, 6.45) is 1.14. The lowest BCUT2D eigenvalue weighted by Gasteiger charge is -2.05. The van der Waals surface area contributed by atoms with Gasteiger partial charge in [0.1, 0.15) is 11.2 Å². The summed E-state index contributed by atoms with van der Waals surface area (Å²) in [4.78, 5) is 14.1. The minimum Gasteiger partial charge on any atom is -0.409 e. The van der Waals surface area contributed by atoms with E-state index in [1.54, 1.807) is 0 Å². The minimum absolute atomic E-state index is 0.211. The standard InChI is InChI=1S/C10H8N4O3S2/c11-9(13-15)7-4-6(14(16)17)5-12-10(7)19-8-2-1-3-18-8/h1-5,15H,(H2,11,13). The molecule has 2 aromatic heterocycles. The maximum Gasteiger partial charge on any atom is 0.288 e. The molecule has 2 aromatic rings. The highest BCUT2D eigenvalue weighted by molar-refractivity contribution is 8.01. The van der Waals surface area contributed by atoms with E-state index in [0.717, 1.165) is 10.4 Å². The lowest BCUT2D eigenvalue weighted by Crippen LogP contribution is -2.15. The normalized spacial score (nSPS) is 11.5. The Balaban J connectivity index is 2.44. The molecule has 0 unspecified atom stereocenters. The van der Waals surface area contributed by atoms with E-state index in [2.05, 4.69) is 10.1 Å². The van der Waals surface area contributed by atoms with Gasteiger partial charge in [0.25, 0.3) is 5.69 Å². The molecule has 0 radical (unpaired) electrons. The Hall–Kier alpha value is -2.13. The molecule has 19 heavy (non-hydrogen) atoms. The molecule has 0 fully saturated rings. The van der Waals surface area contributed by atoms with Gasteiger partial charge in [-0.3, -0.25) is 10.1 Å². The van der Waals surface area contributed by atoms with Crippen molar-refractivity contribution in [1.29, 1.82) is 0 Å². The third-order valence-electron chi connectivity index (χ3n) is 2.12. The average molecular weight is 296 g/mol. The number of oxime groups is 1. The van der Waals surface area contributed by atoms with Crippen molar-refractivity contribution < 1.29 is 10.1 Å². The van der Waals surface area contributed by atoms with E-state index >= 15 is 0 Å². The van der Waals surface area contributed by atoms with Crippen molar-refractivity contribution >= 4 is 34.6 Å². The second-order valence-electron chi connectivity index (χ2n) is 3.32. The fraction of sp³-hybridized carbons (Fsp3) is 0. The first-order valence-corrected chi connectivity index (χ1v) is 6.65. The first-order chi connectivity index (χ1) is 9.11. The van der Waals surface area contributed by atoms with Crippen LogP contribution < -0.4 is 5.73 Å². The molecule has 0 amide bonds. The lowest BCUT2D eigenvalue weighted by atomic mass is 10.2. The Kier molecular flexibility index (Phi) is 3.97. The van der Waals surface area contributed by atoms with Gasteiger partial charge >= 0.3 is 0 Å². The van der Waals surface area contributed by atoms with Crippen LogP contribution in [0.3, 0.4) is 0 Å². The molecule has 98 valence electrons. The summed E-state index contributed by atoms with van der Waals surface area (Å²) in [5, 5.41) is 24.7. The van der Waals surface area contributed by atoms with Crippen molar-refractivity contribution in [3.05, 3.63) is 45.5 Å². The summed E-state index contributed by atoms with van der Waals surface area (Å²) in [5.74, 6) is -0.213. The summed E-state index contributed by atoms with van der Waals surface area (Å²) in [6.45, 7) is 0. The van der Waals surface area contributed by atoms with Gasteiger partial charge in [0, 0.05) is 6.07 Å². The zero-order chi connectivity index (χ0) is 13.8. The Labute approximate surface area is 115 Å². The molecule has 7 nitrogen and oxygen atoms in total. The second-order valence-corrected chi connectivity index (χ2v) is 5.56. The summed E-state index contributed by atoms with van der Waals surface area (Å²) >= 11 is 2.80. The molecule has 0 aliphatic rings. The monoisotopic (exact) mass is 296 g/mol. The molecule has 0 bridgehead atoms. The van der Waals surface area contributed by atoms with E-state index in [1.165, 1.54) is 29.2 Å². The highest BCUT2D eigenvalue weighted by Crippen LogP contribution is 2.33. The van der Waals surface area contributed by atoms with Gasteiger partial charge in [0.05, 0.1) is 14.7 Å². The molecule has 0 atom stereocenters. The van der Waals surface area contributed by atoms with E-state index in [9.17, 15) is 10.1 Å². The maximum atomic E-state index is 10.7. The minimum atomic E-state index is -0.583. The number of nitrogens with two attached hydrogens (primary N) is 1. The predicted molar refractivity (Wildman–Crippen MR) is 71.8 cm³/mol. The molecule has 0 aliphatic carbocycles. The van der Waals surface area contributed by atoms with Crippen LogP contribution in [0.5, 0.6) is 0 Å². The van der Waals surface area contributed by atoms with Crippen LogP contribution >= 0.6 is 23.1 Å². The lowest BCUT2D eigenvalue weighted by molar-refractivity contribution is -0.385.